The monoisotopic (exact) mass is 413 g/mol. The summed E-state index contributed by atoms with van der Waals surface area (Å²) in [7, 11) is 0. The summed E-state index contributed by atoms with van der Waals surface area (Å²) in [6.45, 7) is 3.80. The normalized spacial score (nSPS) is 29.9. The van der Waals surface area contributed by atoms with Crippen LogP contribution in [0.2, 0.25) is 0 Å². The first-order valence-electron chi connectivity index (χ1n) is 11.1. The molecule has 5 rings (SSSR count). The minimum atomic E-state index is -0.910. The Bertz CT molecular complexity index is 780. The Morgan fingerprint density at radius 3 is 2.13 bits per heavy atom. The molecule has 4 saturated carbocycles. The van der Waals surface area contributed by atoms with Crippen molar-refractivity contribution in [3.63, 3.8) is 0 Å². The van der Waals surface area contributed by atoms with Gasteiger partial charge in [0.05, 0.1) is 6.61 Å². The molecule has 4 fully saturated rings. The third-order valence-corrected chi connectivity index (χ3v) is 7.04. The molecule has 162 valence electrons. The largest absolute Gasteiger partial charge is 0.494 e. The van der Waals surface area contributed by atoms with Gasteiger partial charge in [0.2, 0.25) is 11.7 Å². The van der Waals surface area contributed by atoms with Gasteiger partial charge in [-0.05, 0) is 94.4 Å². The minimum Gasteiger partial charge on any atom is -0.494 e. The van der Waals surface area contributed by atoms with Crippen LogP contribution >= 0.6 is 0 Å². The van der Waals surface area contributed by atoms with Crippen molar-refractivity contribution in [3.05, 3.63) is 29.8 Å². The Morgan fingerprint density at radius 1 is 1.03 bits per heavy atom. The topological polar surface area (TPSA) is 81.7 Å². The number of carbonyl (C=O) groups is 3. The number of esters is 1. The molecule has 6 nitrogen and oxygen atoms in total. The molecule has 0 unspecified atom stereocenters. The number of ketones is 1. The number of hydrogen-bond donors (Lipinski definition) is 1. The lowest BCUT2D eigenvalue weighted by molar-refractivity contribution is -0.152. The maximum Gasteiger partial charge on any atom is 0.326 e. The van der Waals surface area contributed by atoms with E-state index >= 15 is 0 Å². The minimum absolute atomic E-state index is 0.0101. The predicted molar refractivity (Wildman–Crippen MR) is 111 cm³/mol. The number of nitrogens with one attached hydrogen (secondary N) is 1. The van der Waals surface area contributed by atoms with Crippen molar-refractivity contribution in [1.82, 2.24) is 5.32 Å². The van der Waals surface area contributed by atoms with Crippen LogP contribution in [0.1, 0.15) is 62.7 Å². The summed E-state index contributed by atoms with van der Waals surface area (Å²) in [4.78, 5) is 37.7. The summed E-state index contributed by atoms with van der Waals surface area (Å²) in [5.74, 6) is 1.82. The average Bonchev–Trinajstić information content (AvgIpc) is 2.71. The molecule has 1 atom stereocenters. The lowest BCUT2D eigenvalue weighted by Gasteiger charge is -2.55. The Balaban J connectivity index is 1.27. The molecule has 4 bridgehead atoms. The first-order chi connectivity index (χ1) is 14.4. The van der Waals surface area contributed by atoms with Gasteiger partial charge in [0.1, 0.15) is 12.3 Å². The zero-order valence-electron chi connectivity index (χ0n) is 17.8. The standard InChI is InChI=1S/C24H31NO5/c1-3-29-20-6-4-19(5-7-20)22(27)15(2)30-21(26)14-25-23(28)24-11-16-8-17(12-24)10-18(9-16)13-24/h4-7,15-18H,3,8-14H2,1-2H3,(H,25,28)/t15-,16?,17?,18?,24?/m0/s1. The smallest absolute Gasteiger partial charge is 0.326 e. The summed E-state index contributed by atoms with van der Waals surface area (Å²) in [5.41, 5.74) is 0.162. The van der Waals surface area contributed by atoms with Crippen molar-refractivity contribution in [2.24, 2.45) is 23.2 Å². The van der Waals surface area contributed by atoms with Crippen LogP contribution in [0.3, 0.4) is 0 Å². The Hall–Kier alpha value is -2.37. The fraction of sp³-hybridized carbons (Fsp3) is 0.625. The SMILES string of the molecule is CCOc1ccc(C(=O)[C@H](C)OC(=O)CNC(=O)C23CC4CC(CC(C4)C2)C3)cc1. The van der Waals surface area contributed by atoms with E-state index in [9.17, 15) is 14.4 Å². The molecule has 1 aromatic rings. The molecule has 4 aliphatic carbocycles. The van der Waals surface area contributed by atoms with Crippen LogP contribution in [-0.2, 0) is 14.3 Å². The zero-order chi connectivity index (χ0) is 21.3. The summed E-state index contributed by atoms with van der Waals surface area (Å²) in [6, 6.07) is 6.76. The van der Waals surface area contributed by atoms with Crippen LogP contribution < -0.4 is 10.1 Å². The summed E-state index contributed by atoms with van der Waals surface area (Å²) >= 11 is 0. The van der Waals surface area contributed by atoms with Gasteiger partial charge in [0, 0.05) is 11.0 Å². The molecule has 0 heterocycles. The molecule has 0 radical (unpaired) electrons. The highest BCUT2D eigenvalue weighted by Crippen LogP contribution is 2.60. The van der Waals surface area contributed by atoms with Gasteiger partial charge in [0.25, 0.3) is 0 Å². The van der Waals surface area contributed by atoms with Gasteiger partial charge in [-0.1, -0.05) is 0 Å². The van der Waals surface area contributed by atoms with E-state index in [1.165, 1.54) is 19.3 Å². The van der Waals surface area contributed by atoms with Crippen molar-refractivity contribution in [1.29, 1.82) is 0 Å². The molecule has 4 aliphatic rings. The van der Waals surface area contributed by atoms with E-state index in [0.717, 1.165) is 19.3 Å². The van der Waals surface area contributed by atoms with E-state index in [0.29, 0.717) is 35.7 Å². The molecule has 1 N–H and O–H groups in total. The molecule has 6 heteroatoms. The number of benzene rings is 1. The van der Waals surface area contributed by atoms with Crippen LogP contribution in [0, 0.1) is 23.2 Å². The van der Waals surface area contributed by atoms with E-state index in [1.54, 1.807) is 31.2 Å². The van der Waals surface area contributed by atoms with Crippen molar-refractivity contribution in [3.8, 4) is 5.75 Å². The van der Waals surface area contributed by atoms with Gasteiger partial charge < -0.3 is 14.8 Å². The molecule has 1 amide bonds. The molecular weight excluding hydrogens is 382 g/mol. The predicted octanol–water partition coefficient (Wildman–Crippen LogP) is 3.53. The second kappa shape index (κ2) is 8.40. The van der Waals surface area contributed by atoms with Crippen LogP contribution in [0.4, 0.5) is 0 Å². The van der Waals surface area contributed by atoms with Gasteiger partial charge in [-0.2, -0.15) is 0 Å². The highest BCUT2D eigenvalue weighted by atomic mass is 16.5. The second-order valence-corrected chi connectivity index (χ2v) is 9.33. The third-order valence-electron chi connectivity index (χ3n) is 7.04. The maximum atomic E-state index is 12.9. The molecule has 0 aromatic heterocycles. The van der Waals surface area contributed by atoms with E-state index in [-0.39, 0.29) is 23.7 Å². The lowest BCUT2D eigenvalue weighted by atomic mass is 9.49. The Kier molecular flexibility index (Phi) is 5.85. The van der Waals surface area contributed by atoms with Crippen molar-refractivity contribution in [2.45, 2.75) is 58.5 Å². The second-order valence-electron chi connectivity index (χ2n) is 9.33. The van der Waals surface area contributed by atoms with Crippen molar-refractivity contribution in [2.75, 3.05) is 13.2 Å². The molecular formula is C24H31NO5. The van der Waals surface area contributed by atoms with Gasteiger partial charge in [-0.15, -0.1) is 0 Å². The zero-order valence-corrected chi connectivity index (χ0v) is 17.8. The molecule has 0 aliphatic heterocycles. The number of rotatable bonds is 8. The van der Waals surface area contributed by atoms with E-state index in [4.69, 9.17) is 9.47 Å². The quantitative estimate of drug-likeness (QED) is 0.521. The first kappa shape index (κ1) is 20.9. The van der Waals surface area contributed by atoms with Gasteiger partial charge in [0.15, 0.2) is 6.10 Å². The molecule has 0 spiro atoms. The number of hydrogen-bond acceptors (Lipinski definition) is 5. The summed E-state index contributed by atoms with van der Waals surface area (Å²) in [5, 5.41) is 2.80. The number of carbonyl (C=O) groups excluding carboxylic acids is 3. The molecule has 0 saturated heterocycles. The molecule has 1 aromatic carbocycles. The highest BCUT2D eigenvalue weighted by Gasteiger charge is 2.54. The van der Waals surface area contributed by atoms with Crippen LogP contribution in [0.5, 0.6) is 5.75 Å². The average molecular weight is 414 g/mol. The van der Waals surface area contributed by atoms with E-state index in [2.05, 4.69) is 5.32 Å². The van der Waals surface area contributed by atoms with Gasteiger partial charge in [-0.25, -0.2) is 0 Å². The number of Topliss-reactive ketones (excluding diaryl/α,β-unsaturated/α-hetero) is 1. The fourth-order valence-corrected chi connectivity index (χ4v) is 6.14. The Morgan fingerprint density at radius 2 is 1.60 bits per heavy atom. The van der Waals surface area contributed by atoms with Gasteiger partial charge in [-0.3, -0.25) is 14.4 Å². The number of amides is 1. The highest BCUT2D eigenvalue weighted by molar-refractivity contribution is 6.00. The Labute approximate surface area is 177 Å². The van der Waals surface area contributed by atoms with Crippen LogP contribution in [0.25, 0.3) is 0 Å². The summed E-state index contributed by atoms with van der Waals surface area (Å²) < 4.78 is 10.6. The van der Waals surface area contributed by atoms with Crippen molar-refractivity contribution >= 4 is 17.7 Å². The van der Waals surface area contributed by atoms with Crippen molar-refractivity contribution < 1.29 is 23.9 Å². The van der Waals surface area contributed by atoms with E-state index < -0.39 is 12.1 Å². The molecule has 30 heavy (non-hydrogen) atoms. The van der Waals surface area contributed by atoms with Crippen LogP contribution in [0.15, 0.2) is 24.3 Å². The lowest BCUT2D eigenvalue weighted by Crippen LogP contribution is -2.54. The first-order valence-corrected chi connectivity index (χ1v) is 11.1. The fourth-order valence-electron chi connectivity index (χ4n) is 6.14. The summed E-state index contributed by atoms with van der Waals surface area (Å²) in [6.07, 6.45) is 5.73. The number of ether oxygens (including phenoxy) is 2. The maximum absolute atomic E-state index is 12.9. The third kappa shape index (κ3) is 4.23. The van der Waals surface area contributed by atoms with Crippen LogP contribution in [-0.4, -0.2) is 36.9 Å². The van der Waals surface area contributed by atoms with Gasteiger partial charge >= 0.3 is 5.97 Å². The van der Waals surface area contributed by atoms with E-state index in [1.807, 2.05) is 6.92 Å².